The summed E-state index contributed by atoms with van der Waals surface area (Å²) in [6.07, 6.45) is 0. The molecule has 142 valence electrons. The number of hydrogen-bond donors (Lipinski definition) is 2. The molecule has 0 radical (unpaired) electrons. The predicted molar refractivity (Wildman–Crippen MR) is 105 cm³/mol. The molecule has 7 heteroatoms. The fourth-order valence-corrected chi connectivity index (χ4v) is 2.94. The molecular weight excluding hydrogens is 356 g/mol. The number of hydrogen-bond acceptors (Lipinski definition) is 6. The highest BCUT2D eigenvalue weighted by Crippen LogP contribution is 2.34. The number of aromatic nitrogens is 2. The van der Waals surface area contributed by atoms with Gasteiger partial charge in [-0.05, 0) is 37.1 Å². The van der Waals surface area contributed by atoms with E-state index in [9.17, 15) is 4.79 Å². The molecule has 7 nitrogen and oxygen atoms in total. The first-order chi connectivity index (χ1) is 13.6. The van der Waals surface area contributed by atoms with Crippen molar-refractivity contribution in [3.8, 4) is 11.5 Å². The minimum atomic E-state index is -0.248. The highest BCUT2D eigenvalue weighted by atomic mass is 16.7. The lowest BCUT2D eigenvalue weighted by Gasteiger charge is -2.10. The molecule has 1 aliphatic rings. The fraction of sp³-hybridized carbons (Fsp3) is 0.190. The van der Waals surface area contributed by atoms with Crippen LogP contribution in [0.2, 0.25) is 0 Å². The lowest BCUT2D eigenvalue weighted by molar-refractivity contribution is 0.0945. The second kappa shape index (κ2) is 7.56. The van der Waals surface area contributed by atoms with Crippen LogP contribution in [0.1, 0.15) is 27.4 Å². The number of aryl methyl sites for hydroxylation is 2. The van der Waals surface area contributed by atoms with E-state index in [-0.39, 0.29) is 12.7 Å². The summed E-state index contributed by atoms with van der Waals surface area (Å²) in [5, 5.41) is 6.10. The van der Waals surface area contributed by atoms with E-state index in [2.05, 4.69) is 20.6 Å². The minimum Gasteiger partial charge on any atom is -0.454 e. The Hall–Kier alpha value is -3.61. The van der Waals surface area contributed by atoms with Gasteiger partial charge in [0.15, 0.2) is 11.5 Å². The summed E-state index contributed by atoms with van der Waals surface area (Å²) in [5.41, 5.74) is 3.30. The first kappa shape index (κ1) is 17.8. The molecule has 2 aromatic carbocycles. The second-order valence-corrected chi connectivity index (χ2v) is 6.49. The minimum absolute atomic E-state index is 0.219. The van der Waals surface area contributed by atoms with Crippen molar-refractivity contribution in [1.82, 2.24) is 15.3 Å². The third-order valence-corrected chi connectivity index (χ3v) is 4.42. The molecule has 0 atom stereocenters. The predicted octanol–water partition coefficient (Wildman–Crippen LogP) is 3.50. The Morgan fingerprint density at radius 1 is 1.04 bits per heavy atom. The Balaban J connectivity index is 1.48. The van der Waals surface area contributed by atoms with Crippen LogP contribution in [-0.2, 0) is 6.54 Å². The number of ether oxygens (including phenoxy) is 2. The van der Waals surface area contributed by atoms with E-state index in [0.717, 1.165) is 16.8 Å². The van der Waals surface area contributed by atoms with Gasteiger partial charge in [0, 0.05) is 24.4 Å². The number of nitrogens with zero attached hydrogens (tertiary/aromatic N) is 2. The van der Waals surface area contributed by atoms with Gasteiger partial charge in [0.05, 0.1) is 0 Å². The van der Waals surface area contributed by atoms with E-state index in [4.69, 9.17) is 9.47 Å². The van der Waals surface area contributed by atoms with Gasteiger partial charge in [0.25, 0.3) is 5.91 Å². The van der Waals surface area contributed by atoms with Crippen molar-refractivity contribution in [3.05, 3.63) is 71.2 Å². The number of rotatable bonds is 5. The molecule has 1 amide bonds. The van der Waals surface area contributed by atoms with Gasteiger partial charge in [-0.1, -0.05) is 24.3 Å². The van der Waals surface area contributed by atoms with Crippen molar-refractivity contribution in [1.29, 1.82) is 0 Å². The maximum atomic E-state index is 12.6. The molecule has 3 aromatic rings. The largest absolute Gasteiger partial charge is 0.454 e. The van der Waals surface area contributed by atoms with Crippen LogP contribution >= 0.6 is 0 Å². The van der Waals surface area contributed by atoms with Gasteiger partial charge in [-0.3, -0.25) is 4.79 Å². The lowest BCUT2D eigenvalue weighted by atomic mass is 10.1. The molecule has 2 heterocycles. The molecule has 28 heavy (non-hydrogen) atoms. The summed E-state index contributed by atoms with van der Waals surface area (Å²) >= 11 is 0. The van der Waals surface area contributed by atoms with E-state index in [1.807, 2.05) is 49.4 Å². The molecule has 0 spiro atoms. The van der Waals surface area contributed by atoms with Gasteiger partial charge in [-0.25, -0.2) is 9.97 Å². The molecule has 0 saturated carbocycles. The zero-order valence-corrected chi connectivity index (χ0v) is 15.7. The standard InChI is InChI=1S/C21H20N4O3/c1-13-5-3-4-6-15(13)11-22-21(26)17-10-20(24-14(2)23-17)25-16-7-8-18-19(9-16)28-12-27-18/h3-10H,11-12H2,1-2H3,(H,22,26)(H,23,24,25). The number of carbonyl (C=O) groups excluding carboxylic acids is 1. The van der Waals surface area contributed by atoms with Crippen LogP contribution in [-0.4, -0.2) is 22.7 Å². The quantitative estimate of drug-likeness (QED) is 0.709. The van der Waals surface area contributed by atoms with Crippen LogP contribution in [0.25, 0.3) is 0 Å². The summed E-state index contributed by atoms with van der Waals surface area (Å²) < 4.78 is 10.7. The van der Waals surface area contributed by atoms with Crippen molar-refractivity contribution in [2.75, 3.05) is 12.1 Å². The second-order valence-electron chi connectivity index (χ2n) is 6.49. The Morgan fingerprint density at radius 2 is 1.86 bits per heavy atom. The van der Waals surface area contributed by atoms with Crippen LogP contribution < -0.4 is 20.1 Å². The van der Waals surface area contributed by atoms with Crippen molar-refractivity contribution in [3.63, 3.8) is 0 Å². The van der Waals surface area contributed by atoms with E-state index in [1.165, 1.54) is 0 Å². The van der Waals surface area contributed by atoms with Crippen LogP contribution in [0.5, 0.6) is 11.5 Å². The van der Waals surface area contributed by atoms with E-state index < -0.39 is 0 Å². The summed E-state index contributed by atoms with van der Waals surface area (Å²) in [7, 11) is 0. The van der Waals surface area contributed by atoms with Crippen LogP contribution in [0, 0.1) is 13.8 Å². The van der Waals surface area contributed by atoms with Crippen molar-refractivity contribution in [2.45, 2.75) is 20.4 Å². The highest BCUT2D eigenvalue weighted by molar-refractivity contribution is 5.93. The third-order valence-electron chi connectivity index (χ3n) is 4.42. The fourth-order valence-electron chi connectivity index (χ4n) is 2.94. The lowest BCUT2D eigenvalue weighted by Crippen LogP contribution is -2.24. The summed E-state index contributed by atoms with van der Waals surface area (Å²) in [5.74, 6) is 2.18. The molecule has 1 aromatic heterocycles. The van der Waals surface area contributed by atoms with Gasteiger partial charge >= 0.3 is 0 Å². The molecule has 0 bridgehead atoms. The SMILES string of the molecule is Cc1nc(Nc2ccc3c(c2)OCO3)cc(C(=O)NCc2ccccc2C)n1. The average molecular weight is 376 g/mol. The summed E-state index contributed by atoms with van der Waals surface area (Å²) in [4.78, 5) is 21.2. The number of amides is 1. The molecular formula is C21H20N4O3. The van der Waals surface area contributed by atoms with Crippen molar-refractivity contribution in [2.24, 2.45) is 0 Å². The van der Waals surface area contributed by atoms with Gasteiger partial charge in [0.1, 0.15) is 17.3 Å². The number of nitrogens with one attached hydrogen (secondary N) is 2. The van der Waals surface area contributed by atoms with Gasteiger partial charge < -0.3 is 20.1 Å². The number of benzene rings is 2. The molecule has 1 aliphatic heterocycles. The van der Waals surface area contributed by atoms with Gasteiger partial charge in [-0.2, -0.15) is 0 Å². The van der Waals surface area contributed by atoms with E-state index in [1.54, 1.807) is 13.0 Å². The number of fused-ring (bicyclic) bond motifs is 1. The molecule has 0 saturated heterocycles. The van der Waals surface area contributed by atoms with E-state index >= 15 is 0 Å². The third kappa shape index (κ3) is 3.88. The maximum Gasteiger partial charge on any atom is 0.270 e. The molecule has 0 fully saturated rings. The smallest absolute Gasteiger partial charge is 0.270 e. The molecule has 0 unspecified atom stereocenters. The molecule has 2 N–H and O–H groups in total. The zero-order valence-electron chi connectivity index (χ0n) is 15.7. The van der Waals surface area contributed by atoms with Crippen LogP contribution in [0.15, 0.2) is 48.5 Å². The normalized spacial score (nSPS) is 11.9. The van der Waals surface area contributed by atoms with Crippen molar-refractivity contribution < 1.29 is 14.3 Å². The zero-order chi connectivity index (χ0) is 19.5. The number of anilines is 2. The Kier molecular flexibility index (Phi) is 4.80. The summed E-state index contributed by atoms with van der Waals surface area (Å²) in [6, 6.07) is 15.1. The Labute approximate surface area is 162 Å². The molecule has 4 rings (SSSR count). The van der Waals surface area contributed by atoms with Crippen LogP contribution in [0.3, 0.4) is 0 Å². The molecule has 0 aliphatic carbocycles. The van der Waals surface area contributed by atoms with Crippen LogP contribution in [0.4, 0.5) is 11.5 Å². The summed E-state index contributed by atoms with van der Waals surface area (Å²) in [6.45, 7) is 4.43. The van der Waals surface area contributed by atoms with E-state index in [0.29, 0.717) is 35.4 Å². The maximum absolute atomic E-state index is 12.6. The van der Waals surface area contributed by atoms with Gasteiger partial charge in [0.2, 0.25) is 6.79 Å². The monoisotopic (exact) mass is 376 g/mol. The first-order valence-corrected chi connectivity index (χ1v) is 8.93. The first-order valence-electron chi connectivity index (χ1n) is 8.93. The Morgan fingerprint density at radius 3 is 2.71 bits per heavy atom. The highest BCUT2D eigenvalue weighted by Gasteiger charge is 2.15. The topological polar surface area (TPSA) is 85.4 Å². The van der Waals surface area contributed by atoms with Gasteiger partial charge in [-0.15, -0.1) is 0 Å². The average Bonchev–Trinajstić information content (AvgIpc) is 3.14. The van der Waals surface area contributed by atoms with Crippen molar-refractivity contribution >= 4 is 17.4 Å². The Bertz CT molecular complexity index is 1040. The number of carbonyl (C=O) groups is 1.